The molecule has 0 bridgehead atoms. The summed E-state index contributed by atoms with van der Waals surface area (Å²) in [6.07, 6.45) is 11.4. The van der Waals surface area contributed by atoms with Gasteiger partial charge in [-0.1, -0.05) is 12.8 Å². The van der Waals surface area contributed by atoms with Gasteiger partial charge in [0, 0.05) is 11.7 Å². The van der Waals surface area contributed by atoms with E-state index in [1.54, 1.807) is 0 Å². The van der Waals surface area contributed by atoms with Crippen molar-refractivity contribution in [1.82, 2.24) is 0 Å². The second kappa shape index (κ2) is 3.93. The van der Waals surface area contributed by atoms with Gasteiger partial charge in [0.05, 0.1) is 0 Å². The molecule has 0 spiro atoms. The van der Waals surface area contributed by atoms with Crippen LogP contribution in [0.3, 0.4) is 0 Å². The first-order valence-electron chi connectivity index (χ1n) is 3.96. The third-order valence-electron chi connectivity index (χ3n) is 2.25. The zero-order valence-electron chi connectivity index (χ0n) is 6.21. The minimum atomic E-state index is 0.574. The molecular weight excluding hydrogens is 140 g/mol. The number of hydrogen-bond donors (Lipinski definition) is 1. The highest BCUT2D eigenvalue weighted by atomic mass is 32.1. The summed E-state index contributed by atoms with van der Waals surface area (Å²) in [4.78, 5) is 0. The summed E-state index contributed by atoms with van der Waals surface area (Å²) < 4.78 is 0. The summed E-state index contributed by atoms with van der Waals surface area (Å²) in [5.74, 6) is 3.42. The van der Waals surface area contributed by atoms with Gasteiger partial charge in [0.15, 0.2) is 0 Å². The fourth-order valence-corrected chi connectivity index (χ4v) is 2.01. The number of rotatable bonds is 1. The summed E-state index contributed by atoms with van der Waals surface area (Å²) in [5, 5.41) is 0.574. The van der Waals surface area contributed by atoms with Gasteiger partial charge in [0.2, 0.25) is 0 Å². The zero-order chi connectivity index (χ0) is 7.40. The molecule has 56 valence electrons. The molecule has 1 aliphatic carbocycles. The van der Waals surface area contributed by atoms with Crippen molar-refractivity contribution in [1.29, 1.82) is 0 Å². The number of terminal acetylenes is 1. The Labute approximate surface area is 68.8 Å². The van der Waals surface area contributed by atoms with E-state index in [0.29, 0.717) is 11.2 Å². The lowest BCUT2D eigenvalue weighted by atomic mass is 9.87. The largest absolute Gasteiger partial charge is 0.176 e. The molecule has 0 radical (unpaired) electrons. The fourth-order valence-electron chi connectivity index (χ4n) is 1.58. The Balaban J connectivity index is 2.34. The first-order valence-corrected chi connectivity index (χ1v) is 4.47. The van der Waals surface area contributed by atoms with Crippen LogP contribution in [0.15, 0.2) is 0 Å². The van der Waals surface area contributed by atoms with Crippen LogP contribution in [0.4, 0.5) is 0 Å². The van der Waals surface area contributed by atoms with E-state index >= 15 is 0 Å². The van der Waals surface area contributed by atoms with Gasteiger partial charge in [-0.25, -0.2) is 0 Å². The molecule has 1 aliphatic rings. The van der Waals surface area contributed by atoms with E-state index in [2.05, 4.69) is 18.5 Å². The first-order chi connectivity index (χ1) is 4.84. The highest BCUT2D eigenvalue weighted by Gasteiger charge is 2.20. The molecular formula is C9H14S. The molecule has 0 aromatic heterocycles. The molecule has 1 saturated carbocycles. The van der Waals surface area contributed by atoms with Crippen molar-refractivity contribution in [2.45, 2.75) is 37.4 Å². The van der Waals surface area contributed by atoms with Crippen LogP contribution in [0, 0.1) is 18.3 Å². The number of thiol groups is 1. The van der Waals surface area contributed by atoms with Gasteiger partial charge in [0.1, 0.15) is 0 Å². The van der Waals surface area contributed by atoms with E-state index in [1.807, 2.05) is 0 Å². The van der Waals surface area contributed by atoms with Crippen molar-refractivity contribution in [3.63, 3.8) is 0 Å². The summed E-state index contributed by atoms with van der Waals surface area (Å²) in [7, 11) is 0. The molecule has 0 aromatic carbocycles. The van der Waals surface area contributed by atoms with E-state index in [-0.39, 0.29) is 0 Å². The van der Waals surface area contributed by atoms with Crippen molar-refractivity contribution in [3.05, 3.63) is 0 Å². The van der Waals surface area contributed by atoms with Crippen LogP contribution in [0.5, 0.6) is 0 Å². The van der Waals surface area contributed by atoms with Crippen LogP contribution < -0.4 is 0 Å². The van der Waals surface area contributed by atoms with Crippen LogP contribution in [0.2, 0.25) is 0 Å². The van der Waals surface area contributed by atoms with E-state index < -0.39 is 0 Å². The minimum Gasteiger partial charge on any atom is -0.176 e. The van der Waals surface area contributed by atoms with Crippen molar-refractivity contribution in [2.24, 2.45) is 5.92 Å². The third kappa shape index (κ3) is 1.95. The smallest absolute Gasteiger partial charge is 0.0125 e. The van der Waals surface area contributed by atoms with E-state index in [9.17, 15) is 0 Å². The molecule has 0 amide bonds. The average Bonchev–Trinajstić information content (AvgIpc) is 1.94. The summed E-state index contributed by atoms with van der Waals surface area (Å²) in [6, 6.07) is 0. The maximum Gasteiger partial charge on any atom is 0.0125 e. The van der Waals surface area contributed by atoms with Gasteiger partial charge in [-0.05, 0) is 18.8 Å². The standard InChI is InChI=1S/C9H14S/c1-2-5-8-6-3-4-7-9(8)10/h1,8-10H,3-7H2. The second-order valence-electron chi connectivity index (χ2n) is 3.02. The lowest BCUT2D eigenvalue weighted by molar-refractivity contribution is 0.379. The molecule has 10 heavy (non-hydrogen) atoms. The van der Waals surface area contributed by atoms with Crippen LogP contribution >= 0.6 is 12.6 Å². The Morgan fingerprint density at radius 1 is 1.40 bits per heavy atom. The van der Waals surface area contributed by atoms with Gasteiger partial charge in [0.25, 0.3) is 0 Å². The van der Waals surface area contributed by atoms with Gasteiger partial charge in [-0.15, -0.1) is 12.3 Å². The first kappa shape index (κ1) is 8.01. The van der Waals surface area contributed by atoms with Gasteiger partial charge < -0.3 is 0 Å². The lowest BCUT2D eigenvalue weighted by Crippen LogP contribution is -2.18. The lowest BCUT2D eigenvalue weighted by Gasteiger charge is -2.25. The average molecular weight is 154 g/mol. The fraction of sp³-hybridized carbons (Fsp3) is 0.778. The van der Waals surface area contributed by atoms with Crippen molar-refractivity contribution in [2.75, 3.05) is 0 Å². The maximum absolute atomic E-state index is 5.24. The van der Waals surface area contributed by atoms with E-state index in [1.165, 1.54) is 25.7 Å². The molecule has 1 heteroatoms. The van der Waals surface area contributed by atoms with Gasteiger partial charge in [-0.3, -0.25) is 0 Å². The third-order valence-corrected chi connectivity index (χ3v) is 2.93. The topological polar surface area (TPSA) is 0 Å². The van der Waals surface area contributed by atoms with Gasteiger partial charge >= 0.3 is 0 Å². The normalized spacial score (nSPS) is 33.2. The Kier molecular flexibility index (Phi) is 3.15. The molecule has 0 heterocycles. The van der Waals surface area contributed by atoms with Gasteiger partial charge in [-0.2, -0.15) is 12.6 Å². The summed E-state index contributed by atoms with van der Waals surface area (Å²) >= 11 is 4.49. The van der Waals surface area contributed by atoms with Crippen molar-refractivity contribution in [3.8, 4) is 12.3 Å². The highest BCUT2D eigenvalue weighted by Crippen LogP contribution is 2.29. The van der Waals surface area contributed by atoms with Crippen LogP contribution in [-0.4, -0.2) is 5.25 Å². The van der Waals surface area contributed by atoms with E-state index in [4.69, 9.17) is 6.42 Å². The molecule has 1 fully saturated rings. The predicted octanol–water partition coefficient (Wildman–Crippen LogP) is 2.50. The molecule has 2 atom stereocenters. The second-order valence-corrected chi connectivity index (χ2v) is 3.68. The monoisotopic (exact) mass is 154 g/mol. The molecule has 0 saturated heterocycles. The summed E-state index contributed by atoms with van der Waals surface area (Å²) in [5.41, 5.74) is 0. The van der Waals surface area contributed by atoms with E-state index in [0.717, 1.165) is 6.42 Å². The molecule has 0 aliphatic heterocycles. The Morgan fingerprint density at radius 3 is 2.70 bits per heavy atom. The minimum absolute atomic E-state index is 0.574. The maximum atomic E-state index is 5.24. The highest BCUT2D eigenvalue weighted by molar-refractivity contribution is 7.81. The SMILES string of the molecule is C#CCC1CCCCC1S. The molecule has 0 N–H and O–H groups in total. The molecule has 1 rings (SSSR count). The van der Waals surface area contributed by atoms with Crippen molar-refractivity contribution >= 4 is 12.6 Å². The Bertz CT molecular complexity index is 134. The van der Waals surface area contributed by atoms with Crippen molar-refractivity contribution < 1.29 is 0 Å². The molecule has 0 nitrogen and oxygen atoms in total. The molecule has 2 unspecified atom stereocenters. The predicted molar refractivity (Wildman–Crippen MR) is 48.2 cm³/mol. The van der Waals surface area contributed by atoms with Crippen LogP contribution in [-0.2, 0) is 0 Å². The van der Waals surface area contributed by atoms with Crippen LogP contribution in [0.25, 0.3) is 0 Å². The Morgan fingerprint density at radius 2 is 2.10 bits per heavy atom. The zero-order valence-corrected chi connectivity index (χ0v) is 7.11. The number of hydrogen-bond acceptors (Lipinski definition) is 1. The summed E-state index contributed by atoms with van der Waals surface area (Å²) in [6.45, 7) is 0. The Hall–Kier alpha value is -0.0900. The quantitative estimate of drug-likeness (QED) is 0.435. The molecule has 0 aromatic rings. The van der Waals surface area contributed by atoms with Crippen LogP contribution in [0.1, 0.15) is 32.1 Å².